The second kappa shape index (κ2) is 9.41. The van der Waals surface area contributed by atoms with Crippen LogP contribution in [-0.4, -0.2) is 69.8 Å². The highest BCUT2D eigenvalue weighted by Crippen LogP contribution is 2.32. The van der Waals surface area contributed by atoms with Crippen LogP contribution < -0.4 is 9.62 Å². The van der Waals surface area contributed by atoms with E-state index in [4.69, 9.17) is 19.2 Å². The van der Waals surface area contributed by atoms with E-state index in [1.54, 1.807) is 30.5 Å². The Morgan fingerprint density at radius 1 is 1.09 bits per heavy atom. The van der Waals surface area contributed by atoms with Crippen molar-refractivity contribution in [2.24, 2.45) is 0 Å². The molecule has 172 valence electrons. The van der Waals surface area contributed by atoms with Gasteiger partial charge in [-0.1, -0.05) is 12.1 Å². The zero-order valence-electron chi connectivity index (χ0n) is 17.1. The number of aliphatic hydroxyl groups is 4. The molecule has 3 aromatic rings. The topological polar surface area (TPSA) is 134 Å². The summed E-state index contributed by atoms with van der Waals surface area (Å²) in [5.41, 5.74) is 2.24. The molecule has 5 atom stereocenters. The third-order valence-corrected chi connectivity index (χ3v) is 5.45. The first-order valence-electron chi connectivity index (χ1n) is 9.98. The number of fused-ring (bicyclic) bond motifs is 1. The molecule has 0 spiro atoms. The number of benzene rings is 2. The highest BCUT2D eigenvalue weighted by molar-refractivity contribution is 5.89. The average Bonchev–Trinajstić information content (AvgIpc) is 3.20. The lowest BCUT2D eigenvalue weighted by Crippen LogP contribution is -2.59. The summed E-state index contributed by atoms with van der Waals surface area (Å²) in [6.07, 6.45) is -5.06. The molecule has 1 unspecified atom stereocenters. The monoisotopic (exact) mass is 449 g/mol. The van der Waals surface area contributed by atoms with E-state index in [0.29, 0.717) is 17.4 Å². The van der Waals surface area contributed by atoms with Gasteiger partial charge in [0.1, 0.15) is 18.3 Å². The Hall–Kier alpha value is -2.73. The molecule has 1 aliphatic heterocycles. The average molecular weight is 449 g/mol. The first-order chi connectivity index (χ1) is 15.4. The van der Waals surface area contributed by atoms with E-state index in [1.807, 2.05) is 6.07 Å². The number of aromatic amines is 1. The Bertz CT molecular complexity index is 1070. The van der Waals surface area contributed by atoms with Gasteiger partial charge in [0.2, 0.25) is 0 Å². The van der Waals surface area contributed by atoms with Gasteiger partial charge >= 0.3 is 0 Å². The Balaban J connectivity index is 1.55. The number of hydrogen-bond acceptors (Lipinski definition) is 8. The molecule has 4 rings (SSSR count). The van der Waals surface area contributed by atoms with Crippen LogP contribution in [0.3, 0.4) is 0 Å². The highest BCUT2D eigenvalue weighted by Gasteiger charge is 2.45. The van der Waals surface area contributed by atoms with Crippen molar-refractivity contribution >= 4 is 10.9 Å². The lowest BCUT2D eigenvalue weighted by atomic mass is 9.99. The normalized spacial score (nSPS) is 25.8. The number of ether oxygens (including phenoxy) is 2. The Morgan fingerprint density at radius 2 is 1.91 bits per heavy atom. The minimum absolute atomic E-state index is 0.155. The molecular formula is C22H24FNO8. The number of aromatic nitrogens is 1. The summed E-state index contributed by atoms with van der Waals surface area (Å²) in [6.45, 7) is -0.583. The second-order valence-electron chi connectivity index (χ2n) is 7.51. The van der Waals surface area contributed by atoms with E-state index in [2.05, 4.69) is 4.98 Å². The van der Waals surface area contributed by atoms with Gasteiger partial charge in [-0.3, -0.25) is 0 Å². The SMILES string of the molecule is COc1ccc(Cc2c[nH]c3cccc(OO[C@H]4C(O)O[C@H](CO)[C@@H](O)[C@@H]4O)c23)cc1F. The first-order valence-corrected chi connectivity index (χ1v) is 9.98. The lowest BCUT2D eigenvalue weighted by Gasteiger charge is -2.38. The van der Waals surface area contributed by atoms with Gasteiger partial charge < -0.3 is 39.8 Å². The number of H-pyrrole nitrogens is 1. The number of hydrogen-bond donors (Lipinski definition) is 5. The molecule has 0 bridgehead atoms. The second-order valence-corrected chi connectivity index (χ2v) is 7.51. The van der Waals surface area contributed by atoms with Gasteiger partial charge in [0.15, 0.2) is 29.7 Å². The molecule has 0 saturated carbocycles. The molecule has 2 heterocycles. The molecule has 0 aliphatic carbocycles. The van der Waals surface area contributed by atoms with Crippen molar-refractivity contribution in [2.75, 3.05) is 13.7 Å². The molecule has 9 nitrogen and oxygen atoms in total. The predicted molar refractivity (Wildman–Crippen MR) is 110 cm³/mol. The Morgan fingerprint density at radius 3 is 2.62 bits per heavy atom. The van der Waals surface area contributed by atoms with Gasteiger partial charge in [-0.05, 0) is 41.8 Å². The van der Waals surface area contributed by atoms with Crippen molar-refractivity contribution in [1.82, 2.24) is 4.98 Å². The van der Waals surface area contributed by atoms with E-state index in [1.165, 1.54) is 13.2 Å². The summed E-state index contributed by atoms with van der Waals surface area (Å²) >= 11 is 0. The van der Waals surface area contributed by atoms with Crippen molar-refractivity contribution in [3.8, 4) is 11.5 Å². The number of halogens is 1. The van der Waals surface area contributed by atoms with Gasteiger partial charge in [-0.2, -0.15) is 4.89 Å². The Kier molecular flexibility index (Phi) is 6.60. The number of aliphatic hydroxyl groups excluding tert-OH is 4. The standard InChI is InChI=1S/C22H24FNO8/c1-29-15-6-5-11(8-13(15)23)7-12-9-24-14-3-2-4-16(18(12)14)31-32-21-20(27)19(26)17(10-25)30-22(21)28/h2-6,8-9,17,19-22,24-28H,7,10H2,1H3/t17-,19-,20+,21-,22?/m1/s1. The largest absolute Gasteiger partial charge is 0.494 e. The summed E-state index contributed by atoms with van der Waals surface area (Å²) in [5, 5.41) is 40.1. The first kappa shape index (κ1) is 22.5. The molecule has 1 aliphatic rings. The van der Waals surface area contributed by atoms with Crippen LogP contribution >= 0.6 is 0 Å². The number of methoxy groups -OCH3 is 1. The molecule has 1 fully saturated rings. The molecule has 1 saturated heterocycles. The van der Waals surface area contributed by atoms with Gasteiger partial charge in [0.05, 0.1) is 13.7 Å². The van der Waals surface area contributed by atoms with Gasteiger partial charge in [0, 0.05) is 17.1 Å². The minimum Gasteiger partial charge on any atom is -0.494 e. The van der Waals surface area contributed by atoms with Crippen LogP contribution in [0.15, 0.2) is 42.6 Å². The maximum atomic E-state index is 14.1. The number of nitrogens with one attached hydrogen (secondary N) is 1. The van der Waals surface area contributed by atoms with Crippen LogP contribution in [0.5, 0.6) is 11.5 Å². The third kappa shape index (κ3) is 4.29. The predicted octanol–water partition coefficient (Wildman–Crippen LogP) is 1.02. The maximum absolute atomic E-state index is 14.1. The van der Waals surface area contributed by atoms with E-state index >= 15 is 0 Å². The van der Waals surface area contributed by atoms with Crippen LogP contribution in [0.25, 0.3) is 10.9 Å². The molecule has 5 N–H and O–H groups in total. The van der Waals surface area contributed by atoms with Crippen LogP contribution in [0.1, 0.15) is 11.1 Å². The zero-order valence-corrected chi connectivity index (χ0v) is 17.1. The van der Waals surface area contributed by atoms with Crippen molar-refractivity contribution in [2.45, 2.75) is 37.1 Å². The van der Waals surface area contributed by atoms with E-state index in [0.717, 1.165) is 11.1 Å². The minimum atomic E-state index is -1.63. The molecular weight excluding hydrogens is 425 g/mol. The quantitative estimate of drug-likeness (QED) is 0.267. The fourth-order valence-electron chi connectivity index (χ4n) is 3.75. The molecule has 1 aromatic heterocycles. The van der Waals surface area contributed by atoms with Crippen LogP contribution in [0.2, 0.25) is 0 Å². The molecule has 0 radical (unpaired) electrons. The molecule has 0 amide bonds. The van der Waals surface area contributed by atoms with Crippen LogP contribution in [0.4, 0.5) is 4.39 Å². The van der Waals surface area contributed by atoms with Gasteiger partial charge in [0.25, 0.3) is 0 Å². The summed E-state index contributed by atoms with van der Waals surface area (Å²) in [7, 11) is 1.40. The van der Waals surface area contributed by atoms with Gasteiger partial charge in [-0.15, -0.1) is 0 Å². The molecule has 2 aromatic carbocycles. The van der Waals surface area contributed by atoms with Crippen LogP contribution in [-0.2, 0) is 16.0 Å². The Labute approximate surface area is 182 Å². The number of rotatable bonds is 7. The fraction of sp³-hybridized carbons (Fsp3) is 0.364. The summed E-state index contributed by atoms with van der Waals surface area (Å²) < 4.78 is 24.1. The summed E-state index contributed by atoms with van der Waals surface area (Å²) in [5.74, 6) is -0.0295. The van der Waals surface area contributed by atoms with E-state index < -0.39 is 43.1 Å². The van der Waals surface area contributed by atoms with Crippen molar-refractivity contribution in [1.29, 1.82) is 0 Å². The van der Waals surface area contributed by atoms with E-state index in [-0.39, 0.29) is 11.5 Å². The fourth-order valence-corrected chi connectivity index (χ4v) is 3.75. The lowest BCUT2D eigenvalue weighted by molar-refractivity contribution is -0.364. The van der Waals surface area contributed by atoms with Gasteiger partial charge in [-0.25, -0.2) is 4.39 Å². The van der Waals surface area contributed by atoms with Crippen molar-refractivity contribution in [3.05, 3.63) is 59.5 Å². The van der Waals surface area contributed by atoms with Crippen LogP contribution in [0, 0.1) is 5.82 Å². The van der Waals surface area contributed by atoms with Crippen molar-refractivity contribution < 1.29 is 44.1 Å². The smallest absolute Gasteiger partial charge is 0.188 e. The highest BCUT2D eigenvalue weighted by atomic mass is 19.1. The van der Waals surface area contributed by atoms with Crippen molar-refractivity contribution in [3.63, 3.8) is 0 Å². The van der Waals surface area contributed by atoms with E-state index in [9.17, 15) is 24.8 Å². The molecule has 10 heteroatoms. The summed E-state index contributed by atoms with van der Waals surface area (Å²) in [4.78, 5) is 13.8. The summed E-state index contributed by atoms with van der Waals surface area (Å²) in [6, 6.07) is 9.87. The third-order valence-electron chi connectivity index (χ3n) is 5.45. The zero-order chi connectivity index (χ0) is 22.8. The maximum Gasteiger partial charge on any atom is 0.188 e. The molecule has 32 heavy (non-hydrogen) atoms.